The van der Waals surface area contributed by atoms with Gasteiger partial charge >= 0.3 is 14.2 Å². The van der Waals surface area contributed by atoms with E-state index < -0.39 is 16.5 Å². The van der Waals surface area contributed by atoms with Crippen LogP contribution in [0.5, 0.6) is 0 Å². The standard InChI is InChI=1S/C32H58B2N4Si2/c1-23(2)27-19-17-20-28(24(3)4)31(27)37-33(35(9)39(11,12)13)38(34(37)36(10)40(14,15)16)32-29(25(5)6)21-18-22-30(32)26(7)8/h17-26H,1-16H3. The molecule has 0 atom stereocenters. The summed E-state index contributed by atoms with van der Waals surface area (Å²) in [6.45, 7) is 33.9. The van der Waals surface area contributed by atoms with Crippen molar-refractivity contribution in [2.24, 2.45) is 0 Å². The van der Waals surface area contributed by atoms with Gasteiger partial charge in [0.25, 0.3) is 0 Å². The second kappa shape index (κ2) is 12.0. The third-order valence-electron chi connectivity index (χ3n) is 9.01. The van der Waals surface area contributed by atoms with Crippen LogP contribution in [0.1, 0.15) is 101 Å². The summed E-state index contributed by atoms with van der Waals surface area (Å²) in [5, 5.41) is 0. The predicted molar refractivity (Wildman–Crippen MR) is 188 cm³/mol. The second-order valence-corrected chi connectivity index (χ2v) is 25.4. The molecule has 1 aliphatic rings. The van der Waals surface area contributed by atoms with E-state index in [9.17, 15) is 0 Å². The van der Waals surface area contributed by atoms with Gasteiger partial charge in [0.15, 0.2) is 0 Å². The lowest BCUT2D eigenvalue weighted by Crippen LogP contribution is -2.91. The van der Waals surface area contributed by atoms with Crippen LogP contribution in [0.3, 0.4) is 0 Å². The van der Waals surface area contributed by atoms with Crippen molar-refractivity contribution in [1.82, 2.24) is 8.95 Å². The average molecular weight is 577 g/mol. The van der Waals surface area contributed by atoms with Crippen molar-refractivity contribution in [2.45, 2.75) is 118 Å². The molecular weight excluding hydrogens is 518 g/mol. The van der Waals surface area contributed by atoms with Crippen molar-refractivity contribution in [1.29, 1.82) is 0 Å². The Morgan fingerprint density at radius 3 is 0.900 bits per heavy atom. The van der Waals surface area contributed by atoms with Gasteiger partial charge in [0.1, 0.15) is 16.5 Å². The molecule has 0 N–H and O–H groups in total. The van der Waals surface area contributed by atoms with E-state index in [4.69, 9.17) is 0 Å². The zero-order chi connectivity index (χ0) is 30.5. The van der Waals surface area contributed by atoms with E-state index in [0.29, 0.717) is 23.7 Å². The molecule has 0 radical (unpaired) electrons. The Labute approximate surface area is 251 Å². The Balaban J connectivity index is 2.48. The highest BCUT2D eigenvalue weighted by atomic mass is 28.3. The van der Waals surface area contributed by atoms with Crippen molar-refractivity contribution in [3.8, 4) is 0 Å². The lowest BCUT2D eigenvalue weighted by Gasteiger charge is -2.64. The minimum absolute atomic E-state index is 0.158. The number of anilines is 2. The van der Waals surface area contributed by atoms with Crippen molar-refractivity contribution in [3.05, 3.63) is 58.7 Å². The molecule has 0 unspecified atom stereocenters. The zero-order valence-corrected chi connectivity index (χ0v) is 30.7. The number of rotatable bonds is 10. The van der Waals surface area contributed by atoms with Gasteiger partial charge in [0, 0.05) is 11.4 Å². The molecule has 2 aromatic carbocycles. The summed E-state index contributed by atoms with van der Waals surface area (Å²) in [7, 11) is 1.72. The minimum Gasteiger partial charge on any atom is -0.396 e. The fourth-order valence-electron chi connectivity index (χ4n) is 5.96. The largest absolute Gasteiger partial charge is 0.442 e. The monoisotopic (exact) mass is 576 g/mol. The molecule has 1 heterocycles. The first-order valence-corrected chi connectivity index (χ1v) is 22.5. The summed E-state index contributed by atoms with van der Waals surface area (Å²) in [4.78, 5) is 0. The number of nitrogens with zero attached hydrogens (tertiary/aromatic N) is 4. The summed E-state index contributed by atoms with van der Waals surface area (Å²) >= 11 is 0. The van der Waals surface area contributed by atoms with Crippen LogP contribution >= 0.6 is 0 Å². The van der Waals surface area contributed by atoms with Gasteiger partial charge in [-0.3, -0.25) is 0 Å². The summed E-state index contributed by atoms with van der Waals surface area (Å²) in [6.07, 6.45) is 0. The van der Waals surface area contributed by atoms with Gasteiger partial charge < -0.3 is 18.4 Å². The molecule has 2 aromatic rings. The van der Waals surface area contributed by atoms with E-state index in [1.165, 1.54) is 33.6 Å². The third-order valence-corrected chi connectivity index (χ3v) is 13.7. The van der Waals surface area contributed by atoms with E-state index in [0.717, 1.165) is 0 Å². The molecule has 8 heteroatoms. The summed E-state index contributed by atoms with van der Waals surface area (Å²) in [5.41, 5.74) is 8.79. The molecular formula is C32H58B2N4Si2. The van der Waals surface area contributed by atoms with Crippen molar-refractivity contribution < 1.29 is 0 Å². The Bertz CT molecular complexity index is 1020. The van der Waals surface area contributed by atoms with Gasteiger partial charge in [-0.15, -0.1) is 0 Å². The molecule has 1 fully saturated rings. The van der Waals surface area contributed by atoms with E-state index in [1.54, 1.807) is 0 Å². The molecule has 0 aliphatic carbocycles. The van der Waals surface area contributed by atoms with Gasteiger partial charge in [0.2, 0.25) is 0 Å². The van der Waals surface area contributed by atoms with Gasteiger partial charge in [-0.2, -0.15) is 0 Å². The van der Waals surface area contributed by atoms with Crippen LogP contribution in [0, 0.1) is 0 Å². The number of hydrogen-bond donors (Lipinski definition) is 0. The van der Waals surface area contributed by atoms with E-state index in [2.05, 4.69) is 164 Å². The highest BCUT2D eigenvalue weighted by Gasteiger charge is 2.63. The maximum atomic E-state index is 2.82. The lowest BCUT2D eigenvalue weighted by molar-refractivity contribution is 0.699. The highest BCUT2D eigenvalue weighted by Crippen LogP contribution is 2.47. The van der Waals surface area contributed by atoms with E-state index >= 15 is 0 Å². The SMILES string of the molecule is CC(C)c1cccc(C(C)C)c1N1B(N(C)[Si](C)(C)C)N(c2c(C(C)C)cccc2C(C)C)B1N(C)[Si](C)(C)C. The van der Waals surface area contributed by atoms with Crippen LogP contribution < -0.4 is 9.44 Å². The Kier molecular flexibility index (Phi) is 9.93. The van der Waals surface area contributed by atoms with Crippen molar-refractivity contribution in [3.63, 3.8) is 0 Å². The van der Waals surface area contributed by atoms with Gasteiger partial charge in [-0.05, 0) is 60.0 Å². The maximum absolute atomic E-state index is 2.82. The molecule has 220 valence electrons. The van der Waals surface area contributed by atoms with Crippen LogP contribution in [0.15, 0.2) is 36.4 Å². The Morgan fingerprint density at radius 1 is 0.500 bits per heavy atom. The van der Waals surface area contributed by atoms with Crippen molar-refractivity contribution >= 4 is 42.1 Å². The molecule has 1 aliphatic heterocycles. The third kappa shape index (κ3) is 6.16. The van der Waals surface area contributed by atoms with Crippen LogP contribution in [0.4, 0.5) is 11.4 Å². The quantitative estimate of drug-likeness (QED) is 0.262. The van der Waals surface area contributed by atoms with Gasteiger partial charge in [0.05, 0.1) is 0 Å². The maximum Gasteiger partial charge on any atom is 0.442 e. The first kappa shape index (κ1) is 33.0. The smallest absolute Gasteiger partial charge is 0.396 e. The molecule has 1 saturated heterocycles. The molecule has 0 aromatic heterocycles. The summed E-state index contributed by atoms with van der Waals surface area (Å²) in [6, 6.07) is 14.1. The Hall–Kier alpha value is -1.48. The van der Waals surface area contributed by atoms with Gasteiger partial charge in [-0.1, -0.05) is 131 Å². The summed E-state index contributed by atoms with van der Waals surface area (Å²) in [5.74, 6) is 1.81. The number of para-hydroxylation sites is 2. The summed E-state index contributed by atoms with van der Waals surface area (Å²) < 4.78 is 11.1. The van der Waals surface area contributed by atoms with Gasteiger partial charge in [-0.25, -0.2) is 0 Å². The Morgan fingerprint density at radius 2 is 0.725 bits per heavy atom. The minimum atomic E-state index is -1.69. The lowest BCUT2D eigenvalue weighted by atomic mass is 9.53. The van der Waals surface area contributed by atoms with Crippen LogP contribution in [-0.2, 0) is 0 Å². The van der Waals surface area contributed by atoms with E-state index in [-0.39, 0.29) is 14.2 Å². The molecule has 0 spiro atoms. The van der Waals surface area contributed by atoms with Crippen LogP contribution in [0.2, 0.25) is 39.3 Å². The first-order valence-electron chi connectivity index (χ1n) is 15.6. The van der Waals surface area contributed by atoms with Crippen molar-refractivity contribution in [2.75, 3.05) is 23.5 Å². The average Bonchev–Trinajstić information content (AvgIpc) is 2.81. The number of hydrogen-bond acceptors (Lipinski definition) is 4. The fourth-order valence-corrected chi connectivity index (χ4v) is 7.84. The topological polar surface area (TPSA) is 13.0 Å². The zero-order valence-electron chi connectivity index (χ0n) is 28.7. The molecule has 0 saturated carbocycles. The molecule has 0 amide bonds. The fraction of sp³-hybridized carbons (Fsp3) is 0.625. The molecule has 4 nitrogen and oxygen atoms in total. The number of benzene rings is 2. The second-order valence-electron chi connectivity index (χ2n) is 15.3. The normalized spacial score (nSPS) is 15.2. The van der Waals surface area contributed by atoms with Crippen LogP contribution in [0.25, 0.3) is 0 Å². The molecule has 0 bridgehead atoms. The molecule has 3 rings (SSSR count). The highest BCUT2D eigenvalue weighted by molar-refractivity contribution is 7.09. The molecule has 40 heavy (non-hydrogen) atoms. The van der Waals surface area contributed by atoms with E-state index in [1.807, 2.05) is 0 Å². The van der Waals surface area contributed by atoms with Crippen LogP contribution in [-0.4, -0.2) is 53.8 Å². The first-order chi connectivity index (χ1) is 18.3. The predicted octanol–water partition coefficient (Wildman–Crippen LogP) is 9.01.